The summed E-state index contributed by atoms with van der Waals surface area (Å²) < 4.78 is 5.69. The van der Waals surface area contributed by atoms with Crippen LogP contribution in [-0.4, -0.2) is 29.5 Å². The lowest BCUT2D eigenvalue weighted by molar-refractivity contribution is -0.135. The molecule has 33 heavy (non-hydrogen) atoms. The molecule has 0 spiro atoms. The number of para-hydroxylation sites is 1. The second-order valence-corrected chi connectivity index (χ2v) is 7.92. The Morgan fingerprint density at radius 2 is 1.64 bits per heavy atom. The average Bonchev–Trinajstić information content (AvgIpc) is 3.33. The zero-order valence-corrected chi connectivity index (χ0v) is 17.9. The van der Waals surface area contributed by atoms with Gasteiger partial charge in [0.1, 0.15) is 5.75 Å². The van der Waals surface area contributed by atoms with Crippen molar-refractivity contribution in [3.8, 4) is 5.75 Å². The number of hydrazone groups is 1. The number of hydrogen-bond donors (Lipinski definition) is 0. The number of fused-ring (bicyclic) bond motifs is 1. The van der Waals surface area contributed by atoms with Crippen LogP contribution in [0.2, 0.25) is 0 Å². The molecule has 1 aliphatic heterocycles. The van der Waals surface area contributed by atoms with Gasteiger partial charge in [-0.3, -0.25) is 9.59 Å². The zero-order chi connectivity index (χ0) is 22.6. The van der Waals surface area contributed by atoms with Crippen molar-refractivity contribution in [3.63, 3.8) is 0 Å². The Hall–Kier alpha value is -4.25. The maximum Gasteiger partial charge on any atom is 0.281 e. The minimum Gasteiger partial charge on any atom is -0.483 e. The summed E-state index contributed by atoms with van der Waals surface area (Å²) >= 11 is 0. The lowest BCUT2D eigenvalue weighted by Crippen LogP contribution is -2.31. The number of rotatable bonds is 6. The second kappa shape index (κ2) is 9.09. The zero-order valence-electron chi connectivity index (χ0n) is 17.9. The van der Waals surface area contributed by atoms with E-state index < -0.39 is 0 Å². The third-order valence-corrected chi connectivity index (χ3v) is 5.83. The van der Waals surface area contributed by atoms with Crippen LogP contribution in [0, 0.1) is 0 Å². The van der Waals surface area contributed by atoms with Crippen molar-refractivity contribution in [1.29, 1.82) is 0 Å². The number of ether oxygens (including phenoxy) is 1. The molecule has 0 radical (unpaired) electrons. The lowest BCUT2D eigenvalue weighted by Gasteiger charge is -2.22. The molecule has 0 saturated heterocycles. The highest BCUT2D eigenvalue weighted by Crippen LogP contribution is 2.33. The minimum atomic E-state index is -0.264. The van der Waals surface area contributed by atoms with E-state index in [1.54, 1.807) is 24.3 Å². The Bertz CT molecular complexity index is 1350. The first-order valence-corrected chi connectivity index (χ1v) is 10.8. The number of aldehydes is 1. The van der Waals surface area contributed by atoms with Gasteiger partial charge in [0.2, 0.25) is 0 Å². The van der Waals surface area contributed by atoms with E-state index in [9.17, 15) is 9.59 Å². The second-order valence-electron chi connectivity index (χ2n) is 7.92. The molecule has 5 heteroatoms. The quantitative estimate of drug-likeness (QED) is 0.381. The van der Waals surface area contributed by atoms with Gasteiger partial charge in [-0.1, -0.05) is 78.9 Å². The number of carbonyl (C=O) groups excluding carboxylic acids is 2. The van der Waals surface area contributed by atoms with Crippen molar-refractivity contribution in [2.45, 2.75) is 12.5 Å². The van der Waals surface area contributed by atoms with Gasteiger partial charge in [-0.15, -0.1) is 0 Å². The molecule has 1 aliphatic rings. The van der Waals surface area contributed by atoms with Gasteiger partial charge in [0.25, 0.3) is 5.91 Å². The summed E-state index contributed by atoms with van der Waals surface area (Å²) in [5.74, 6) is 0.121. The van der Waals surface area contributed by atoms with Crippen LogP contribution >= 0.6 is 0 Å². The van der Waals surface area contributed by atoms with E-state index in [4.69, 9.17) is 9.84 Å². The van der Waals surface area contributed by atoms with E-state index in [2.05, 4.69) is 24.3 Å². The molecule has 5 nitrogen and oxygen atoms in total. The van der Waals surface area contributed by atoms with Crippen molar-refractivity contribution in [1.82, 2.24) is 5.01 Å². The number of amides is 1. The highest BCUT2D eigenvalue weighted by Gasteiger charge is 2.33. The number of nitrogens with zero attached hydrogens (tertiary/aromatic N) is 2. The third-order valence-electron chi connectivity index (χ3n) is 5.83. The Morgan fingerprint density at radius 1 is 0.909 bits per heavy atom. The molecule has 4 aromatic rings. The Balaban J connectivity index is 1.44. The van der Waals surface area contributed by atoms with Crippen molar-refractivity contribution < 1.29 is 14.3 Å². The van der Waals surface area contributed by atoms with Crippen LogP contribution in [0.5, 0.6) is 5.75 Å². The molecule has 162 valence electrons. The normalized spacial score (nSPS) is 15.3. The molecule has 4 aromatic carbocycles. The molecule has 0 bridgehead atoms. The van der Waals surface area contributed by atoms with Gasteiger partial charge in [0.05, 0.1) is 17.3 Å². The first kappa shape index (κ1) is 20.6. The molecule has 1 atom stereocenters. The molecular weight excluding hydrogens is 412 g/mol. The molecular formula is C28H22N2O3. The molecule has 0 aromatic heterocycles. The smallest absolute Gasteiger partial charge is 0.281 e. The van der Waals surface area contributed by atoms with Gasteiger partial charge in [0, 0.05) is 6.42 Å². The van der Waals surface area contributed by atoms with Crippen LogP contribution in [0.15, 0.2) is 102 Å². The summed E-state index contributed by atoms with van der Waals surface area (Å²) in [6, 6.07) is 31.0. The van der Waals surface area contributed by atoms with Gasteiger partial charge in [-0.25, -0.2) is 5.01 Å². The fourth-order valence-corrected chi connectivity index (χ4v) is 4.13. The van der Waals surface area contributed by atoms with Crippen molar-refractivity contribution in [3.05, 3.63) is 114 Å². The molecule has 1 amide bonds. The number of benzene rings is 4. The average molecular weight is 434 g/mol. The summed E-state index contributed by atoms with van der Waals surface area (Å²) in [4.78, 5) is 24.5. The van der Waals surface area contributed by atoms with Crippen LogP contribution in [0.3, 0.4) is 0 Å². The summed E-state index contributed by atoms with van der Waals surface area (Å²) in [6.07, 6.45) is 1.33. The fraction of sp³-hybridized carbons (Fsp3) is 0.107. The third kappa shape index (κ3) is 4.26. The Morgan fingerprint density at radius 3 is 2.45 bits per heavy atom. The number of hydrogen-bond acceptors (Lipinski definition) is 4. The van der Waals surface area contributed by atoms with Crippen molar-refractivity contribution in [2.24, 2.45) is 5.10 Å². The summed E-state index contributed by atoms with van der Waals surface area (Å²) in [7, 11) is 0. The summed E-state index contributed by atoms with van der Waals surface area (Å²) in [5.41, 5.74) is 3.28. The van der Waals surface area contributed by atoms with Crippen LogP contribution in [0.25, 0.3) is 10.8 Å². The first-order chi connectivity index (χ1) is 16.2. The minimum absolute atomic E-state index is 0.206. The van der Waals surface area contributed by atoms with Gasteiger partial charge in [0.15, 0.2) is 12.9 Å². The summed E-state index contributed by atoms with van der Waals surface area (Å²) in [5, 5.41) is 8.54. The Kier molecular flexibility index (Phi) is 5.68. The van der Waals surface area contributed by atoms with E-state index in [1.165, 1.54) is 5.01 Å². The molecule has 0 aliphatic carbocycles. The highest BCUT2D eigenvalue weighted by atomic mass is 16.5. The molecule has 0 N–H and O–H groups in total. The Labute approximate surface area is 191 Å². The molecule has 5 rings (SSSR count). The standard InChI is InChI=1S/C28H22N2O3/c31-18-24-12-6-7-13-27(24)33-19-28(32)30-26(21-9-2-1-3-10-21)17-25(29-30)23-15-14-20-8-4-5-11-22(20)16-23/h1-16,18,26H,17,19H2/t26-/m0/s1. The van der Waals surface area contributed by atoms with E-state index in [0.717, 1.165) is 33.9 Å². The van der Waals surface area contributed by atoms with Crippen LogP contribution in [0.1, 0.15) is 33.9 Å². The molecule has 0 saturated carbocycles. The lowest BCUT2D eigenvalue weighted by atomic mass is 9.97. The largest absolute Gasteiger partial charge is 0.483 e. The maximum absolute atomic E-state index is 13.2. The first-order valence-electron chi connectivity index (χ1n) is 10.8. The van der Waals surface area contributed by atoms with Gasteiger partial charge in [-0.05, 0) is 40.1 Å². The predicted octanol–water partition coefficient (Wildman–Crippen LogP) is 5.41. The number of carbonyl (C=O) groups is 2. The van der Waals surface area contributed by atoms with Crippen LogP contribution in [0.4, 0.5) is 0 Å². The van der Waals surface area contributed by atoms with Crippen molar-refractivity contribution in [2.75, 3.05) is 6.61 Å². The molecule has 0 fully saturated rings. The fourth-order valence-electron chi connectivity index (χ4n) is 4.13. The van der Waals surface area contributed by atoms with Crippen molar-refractivity contribution >= 4 is 28.7 Å². The maximum atomic E-state index is 13.2. The van der Waals surface area contributed by atoms with E-state index in [0.29, 0.717) is 17.7 Å². The highest BCUT2D eigenvalue weighted by molar-refractivity contribution is 6.05. The van der Waals surface area contributed by atoms with E-state index in [1.807, 2.05) is 48.5 Å². The monoisotopic (exact) mass is 434 g/mol. The van der Waals surface area contributed by atoms with Gasteiger partial charge >= 0.3 is 0 Å². The predicted molar refractivity (Wildman–Crippen MR) is 128 cm³/mol. The van der Waals surface area contributed by atoms with Gasteiger partial charge < -0.3 is 4.74 Å². The van der Waals surface area contributed by atoms with E-state index >= 15 is 0 Å². The van der Waals surface area contributed by atoms with Crippen LogP contribution < -0.4 is 4.74 Å². The molecule has 0 unspecified atom stereocenters. The SMILES string of the molecule is O=Cc1ccccc1OCC(=O)N1N=C(c2ccc3ccccc3c2)C[C@H]1c1ccccc1. The topological polar surface area (TPSA) is 59.0 Å². The van der Waals surface area contributed by atoms with Gasteiger partial charge in [-0.2, -0.15) is 5.10 Å². The molecule has 1 heterocycles. The van der Waals surface area contributed by atoms with E-state index in [-0.39, 0.29) is 18.6 Å². The van der Waals surface area contributed by atoms with Crippen LogP contribution in [-0.2, 0) is 4.79 Å². The summed E-state index contributed by atoms with van der Waals surface area (Å²) in [6.45, 7) is -0.206.